The van der Waals surface area contributed by atoms with Crippen LogP contribution in [0.25, 0.3) is 17.0 Å². The molecule has 32 heavy (non-hydrogen) atoms. The number of nitrogens with one attached hydrogen (secondary N) is 1. The molecule has 0 saturated carbocycles. The number of para-hydroxylation sites is 1. The first kappa shape index (κ1) is 18.9. The first-order valence-electron chi connectivity index (χ1n) is 11.0. The van der Waals surface area contributed by atoms with Crippen molar-refractivity contribution >= 4 is 22.9 Å². The number of pyridine rings is 1. The molecule has 1 unspecified atom stereocenters. The molecule has 5 nitrogen and oxygen atoms in total. The van der Waals surface area contributed by atoms with Gasteiger partial charge >= 0.3 is 0 Å². The molecule has 1 amide bonds. The standard InChI is InChI=1S/C27H23N3O2/c31-25(10-7-18-4-3-13-28-17-18)30-14-11-22-21-5-1-2-6-23(21)29-26(22)27(30)20-8-9-24-19(16-20)12-15-32-24/h1-10,13,16-17,27,29H,11-12,14-15H2/b10-7+. The maximum Gasteiger partial charge on any atom is 0.247 e. The van der Waals surface area contributed by atoms with Gasteiger partial charge in [0.25, 0.3) is 0 Å². The number of amides is 1. The summed E-state index contributed by atoms with van der Waals surface area (Å²) in [5.74, 6) is 0.954. The molecule has 5 heteroatoms. The molecule has 0 bridgehead atoms. The lowest BCUT2D eigenvalue weighted by Crippen LogP contribution is -2.39. The van der Waals surface area contributed by atoms with Crippen LogP contribution in [0.4, 0.5) is 0 Å². The van der Waals surface area contributed by atoms with E-state index in [1.165, 1.54) is 16.5 Å². The summed E-state index contributed by atoms with van der Waals surface area (Å²) in [5, 5.41) is 1.25. The van der Waals surface area contributed by atoms with E-state index >= 15 is 0 Å². The van der Waals surface area contributed by atoms with E-state index in [4.69, 9.17) is 4.74 Å². The zero-order chi connectivity index (χ0) is 21.5. The monoisotopic (exact) mass is 421 g/mol. The molecule has 158 valence electrons. The maximum absolute atomic E-state index is 13.4. The lowest BCUT2D eigenvalue weighted by atomic mass is 9.91. The Kier molecular flexibility index (Phi) is 4.53. The van der Waals surface area contributed by atoms with Gasteiger partial charge in [-0.05, 0) is 59.0 Å². The van der Waals surface area contributed by atoms with Crippen molar-refractivity contribution in [2.45, 2.75) is 18.9 Å². The third-order valence-electron chi connectivity index (χ3n) is 6.45. The summed E-state index contributed by atoms with van der Waals surface area (Å²) in [6, 6.07) is 18.4. The number of carbonyl (C=O) groups excluding carboxylic acids is 1. The molecule has 1 N–H and O–H groups in total. The van der Waals surface area contributed by atoms with Gasteiger partial charge in [0.15, 0.2) is 0 Å². The molecule has 0 saturated heterocycles. The molecule has 0 radical (unpaired) electrons. The molecule has 0 fully saturated rings. The van der Waals surface area contributed by atoms with E-state index in [2.05, 4.69) is 40.3 Å². The van der Waals surface area contributed by atoms with Crippen molar-refractivity contribution in [2.24, 2.45) is 0 Å². The van der Waals surface area contributed by atoms with Crippen LogP contribution in [0.1, 0.15) is 34.0 Å². The van der Waals surface area contributed by atoms with Crippen LogP contribution in [-0.4, -0.2) is 33.9 Å². The second-order valence-corrected chi connectivity index (χ2v) is 8.33. The Morgan fingerprint density at radius 3 is 2.97 bits per heavy atom. The van der Waals surface area contributed by atoms with Crippen molar-refractivity contribution in [1.82, 2.24) is 14.9 Å². The highest BCUT2D eigenvalue weighted by molar-refractivity contribution is 5.93. The van der Waals surface area contributed by atoms with E-state index in [0.717, 1.165) is 47.5 Å². The Morgan fingerprint density at radius 1 is 1.12 bits per heavy atom. The van der Waals surface area contributed by atoms with Crippen molar-refractivity contribution in [1.29, 1.82) is 0 Å². The van der Waals surface area contributed by atoms with Crippen molar-refractivity contribution in [3.63, 3.8) is 0 Å². The topological polar surface area (TPSA) is 58.2 Å². The predicted molar refractivity (Wildman–Crippen MR) is 124 cm³/mol. The second-order valence-electron chi connectivity index (χ2n) is 8.33. The maximum atomic E-state index is 13.4. The number of benzene rings is 2. The fourth-order valence-electron chi connectivity index (χ4n) is 4.94. The van der Waals surface area contributed by atoms with Crippen LogP contribution in [-0.2, 0) is 17.6 Å². The van der Waals surface area contributed by atoms with Crippen LogP contribution in [0.3, 0.4) is 0 Å². The molecule has 2 aliphatic heterocycles. The third-order valence-corrected chi connectivity index (χ3v) is 6.45. The molecule has 2 aromatic carbocycles. The fraction of sp³-hybridized carbons (Fsp3) is 0.185. The van der Waals surface area contributed by atoms with Gasteiger partial charge < -0.3 is 14.6 Å². The van der Waals surface area contributed by atoms with E-state index in [-0.39, 0.29) is 11.9 Å². The molecule has 4 heterocycles. The number of rotatable bonds is 3. The Hall–Kier alpha value is -3.86. The van der Waals surface area contributed by atoms with Gasteiger partial charge in [0, 0.05) is 48.0 Å². The van der Waals surface area contributed by atoms with Crippen LogP contribution >= 0.6 is 0 Å². The summed E-state index contributed by atoms with van der Waals surface area (Å²) in [5.41, 5.74) is 6.78. The average Bonchev–Trinajstić information content (AvgIpc) is 3.46. The summed E-state index contributed by atoms with van der Waals surface area (Å²) < 4.78 is 5.71. The van der Waals surface area contributed by atoms with Gasteiger partial charge in [0.2, 0.25) is 5.91 Å². The SMILES string of the molecule is O=C(/C=C/c1cccnc1)N1CCc2c([nH]c3ccccc23)C1c1ccc2c(c1)CCO2. The van der Waals surface area contributed by atoms with Gasteiger partial charge in [-0.2, -0.15) is 0 Å². The summed E-state index contributed by atoms with van der Waals surface area (Å²) in [6.45, 7) is 1.39. The van der Waals surface area contributed by atoms with E-state index in [1.807, 2.05) is 35.2 Å². The molecule has 4 aromatic rings. The van der Waals surface area contributed by atoms with Gasteiger partial charge in [-0.25, -0.2) is 0 Å². The molecule has 1 atom stereocenters. The quantitative estimate of drug-likeness (QED) is 0.489. The molecule has 0 spiro atoms. The highest BCUT2D eigenvalue weighted by Gasteiger charge is 2.34. The van der Waals surface area contributed by atoms with Crippen LogP contribution in [0, 0.1) is 0 Å². The predicted octanol–water partition coefficient (Wildman–Crippen LogP) is 4.69. The van der Waals surface area contributed by atoms with Gasteiger partial charge in [-0.3, -0.25) is 9.78 Å². The van der Waals surface area contributed by atoms with E-state index < -0.39 is 0 Å². The summed E-state index contributed by atoms with van der Waals surface area (Å²) in [6.07, 6.45) is 8.72. The first-order valence-corrected chi connectivity index (χ1v) is 11.0. The Morgan fingerprint density at radius 2 is 2.06 bits per heavy atom. The number of nitrogens with zero attached hydrogens (tertiary/aromatic N) is 2. The summed E-state index contributed by atoms with van der Waals surface area (Å²) in [4.78, 5) is 23.1. The van der Waals surface area contributed by atoms with Crippen molar-refractivity contribution in [2.75, 3.05) is 13.2 Å². The van der Waals surface area contributed by atoms with E-state index in [9.17, 15) is 4.79 Å². The third kappa shape index (κ3) is 3.17. The second kappa shape index (κ2) is 7.68. The minimum absolute atomic E-state index is 0.0000855. The number of ether oxygens (including phenoxy) is 1. The highest BCUT2D eigenvalue weighted by atomic mass is 16.5. The normalized spacial score (nSPS) is 17.4. The Labute approximate surface area is 186 Å². The minimum atomic E-state index is -0.164. The lowest BCUT2D eigenvalue weighted by molar-refractivity contribution is -0.128. The zero-order valence-corrected chi connectivity index (χ0v) is 17.6. The van der Waals surface area contributed by atoms with Crippen LogP contribution in [0.5, 0.6) is 5.75 Å². The molecule has 2 aliphatic rings. The lowest BCUT2D eigenvalue weighted by Gasteiger charge is -2.36. The summed E-state index contributed by atoms with van der Waals surface area (Å²) in [7, 11) is 0. The number of H-pyrrole nitrogens is 1. The van der Waals surface area contributed by atoms with Crippen molar-refractivity contribution < 1.29 is 9.53 Å². The summed E-state index contributed by atoms with van der Waals surface area (Å²) >= 11 is 0. The van der Waals surface area contributed by atoms with Crippen LogP contribution in [0.2, 0.25) is 0 Å². The largest absolute Gasteiger partial charge is 0.493 e. The Bertz CT molecular complexity index is 1340. The fourth-order valence-corrected chi connectivity index (χ4v) is 4.94. The average molecular weight is 422 g/mol. The molecule has 0 aliphatic carbocycles. The van der Waals surface area contributed by atoms with Crippen LogP contribution in [0.15, 0.2) is 73.1 Å². The molecule has 2 aromatic heterocycles. The van der Waals surface area contributed by atoms with Crippen LogP contribution < -0.4 is 4.74 Å². The Balaban J connectivity index is 1.44. The van der Waals surface area contributed by atoms with Gasteiger partial charge in [-0.15, -0.1) is 0 Å². The van der Waals surface area contributed by atoms with Gasteiger partial charge in [-0.1, -0.05) is 30.3 Å². The number of hydrogen-bond donors (Lipinski definition) is 1. The zero-order valence-electron chi connectivity index (χ0n) is 17.6. The van der Waals surface area contributed by atoms with E-state index in [1.54, 1.807) is 18.5 Å². The minimum Gasteiger partial charge on any atom is -0.493 e. The highest BCUT2D eigenvalue weighted by Crippen LogP contribution is 2.40. The number of carbonyl (C=O) groups is 1. The number of aromatic nitrogens is 2. The smallest absolute Gasteiger partial charge is 0.247 e. The van der Waals surface area contributed by atoms with Gasteiger partial charge in [0.1, 0.15) is 5.75 Å². The molecular weight excluding hydrogens is 398 g/mol. The molecule has 6 rings (SSSR count). The molecular formula is C27H23N3O2. The first-order chi connectivity index (χ1) is 15.8. The number of fused-ring (bicyclic) bond motifs is 4. The van der Waals surface area contributed by atoms with Crippen molar-refractivity contribution in [3.8, 4) is 5.75 Å². The van der Waals surface area contributed by atoms with Crippen molar-refractivity contribution in [3.05, 3.63) is 101 Å². The van der Waals surface area contributed by atoms with E-state index in [0.29, 0.717) is 6.54 Å². The number of aromatic amines is 1. The van der Waals surface area contributed by atoms with Gasteiger partial charge in [0.05, 0.1) is 12.6 Å². The number of hydrogen-bond acceptors (Lipinski definition) is 3.